The van der Waals surface area contributed by atoms with Gasteiger partial charge >= 0.3 is 6.18 Å². The fraction of sp³-hybridized carbons (Fsp3) is 0.238. The van der Waals surface area contributed by atoms with E-state index in [0.717, 1.165) is 12.1 Å². The number of halogens is 3. The van der Waals surface area contributed by atoms with Crippen molar-refractivity contribution in [3.8, 4) is 11.3 Å². The van der Waals surface area contributed by atoms with Gasteiger partial charge in [0.2, 0.25) is 5.91 Å². The number of amides is 1. The number of pyridine rings is 1. The van der Waals surface area contributed by atoms with Crippen LogP contribution in [0.3, 0.4) is 0 Å². The Morgan fingerprint density at radius 2 is 1.86 bits per heavy atom. The maximum absolute atomic E-state index is 13.0. The van der Waals surface area contributed by atoms with Crippen LogP contribution >= 0.6 is 0 Å². The van der Waals surface area contributed by atoms with E-state index in [9.17, 15) is 27.9 Å². The molecular formula is C21H17F3N2O3. The first-order valence-corrected chi connectivity index (χ1v) is 9.02. The first-order chi connectivity index (χ1) is 13.8. The van der Waals surface area contributed by atoms with Crippen LogP contribution < -0.4 is 10.9 Å². The van der Waals surface area contributed by atoms with Crippen molar-refractivity contribution in [3.05, 3.63) is 70.0 Å². The van der Waals surface area contributed by atoms with Crippen molar-refractivity contribution in [1.82, 2.24) is 10.3 Å². The van der Waals surface area contributed by atoms with E-state index in [-0.39, 0.29) is 29.8 Å². The van der Waals surface area contributed by atoms with E-state index < -0.39 is 23.2 Å². The molecular weight excluding hydrogens is 385 g/mol. The summed E-state index contributed by atoms with van der Waals surface area (Å²) in [4.78, 5) is 27.4. The van der Waals surface area contributed by atoms with Gasteiger partial charge in [0, 0.05) is 11.1 Å². The molecule has 2 atom stereocenters. The molecule has 1 aliphatic heterocycles. The zero-order chi connectivity index (χ0) is 20.8. The predicted molar refractivity (Wildman–Crippen MR) is 101 cm³/mol. The fourth-order valence-electron chi connectivity index (χ4n) is 3.67. The van der Waals surface area contributed by atoms with Crippen LogP contribution in [0.5, 0.6) is 0 Å². The highest BCUT2D eigenvalue weighted by molar-refractivity contribution is 5.90. The molecule has 5 nitrogen and oxygen atoms in total. The van der Waals surface area contributed by atoms with E-state index in [2.05, 4.69) is 10.3 Å². The second-order valence-electron chi connectivity index (χ2n) is 7.11. The molecule has 2 aromatic carbocycles. The van der Waals surface area contributed by atoms with Crippen molar-refractivity contribution >= 4 is 16.7 Å². The van der Waals surface area contributed by atoms with Crippen molar-refractivity contribution in [2.45, 2.75) is 24.6 Å². The van der Waals surface area contributed by atoms with Crippen molar-refractivity contribution in [2.24, 2.45) is 0 Å². The monoisotopic (exact) mass is 402 g/mol. The summed E-state index contributed by atoms with van der Waals surface area (Å²) < 4.78 is 38.9. The van der Waals surface area contributed by atoms with E-state index in [0.29, 0.717) is 22.8 Å². The summed E-state index contributed by atoms with van der Waals surface area (Å²) >= 11 is 0. The van der Waals surface area contributed by atoms with E-state index in [1.54, 1.807) is 24.3 Å². The number of benzene rings is 2. The number of aromatic nitrogens is 1. The van der Waals surface area contributed by atoms with Gasteiger partial charge in [0.15, 0.2) is 0 Å². The van der Waals surface area contributed by atoms with Crippen LogP contribution in [0.15, 0.2) is 53.3 Å². The van der Waals surface area contributed by atoms with Gasteiger partial charge in [0.25, 0.3) is 5.56 Å². The SMILES string of the molecule is O=C1NC(CO)C[C@@H]1c1ccc2cc(-c3cccc(C(F)(F)F)c3)[nH]c(=O)c2c1. The lowest BCUT2D eigenvalue weighted by Gasteiger charge is -2.11. The van der Waals surface area contributed by atoms with Gasteiger partial charge < -0.3 is 15.4 Å². The second-order valence-corrected chi connectivity index (χ2v) is 7.11. The molecule has 1 fully saturated rings. The quantitative estimate of drug-likeness (QED) is 0.629. The van der Waals surface area contributed by atoms with Gasteiger partial charge in [0.1, 0.15) is 0 Å². The van der Waals surface area contributed by atoms with E-state index in [1.165, 1.54) is 12.1 Å². The lowest BCUT2D eigenvalue weighted by molar-refractivity contribution is -0.137. The minimum atomic E-state index is -4.48. The third kappa shape index (κ3) is 3.63. The molecule has 1 unspecified atom stereocenters. The number of aliphatic hydroxyl groups is 1. The Labute approximate surface area is 163 Å². The van der Waals surface area contributed by atoms with Crippen molar-refractivity contribution in [3.63, 3.8) is 0 Å². The summed E-state index contributed by atoms with van der Waals surface area (Å²) in [5, 5.41) is 12.8. The summed E-state index contributed by atoms with van der Waals surface area (Å²) in [5.41, 5.74) is -0.0571. The van der Waals surface area contributed by atoms with E-state index in [1.807, 2.05) is 0 Å². The molecule has 0 aliphatic carbocycles. The largest absolute Gasteiger partial charge is 0.416 e. The zero-order valence-electron chi connectivity index (χ0n) is 15.1. The maximum Gasteiger partial charge on any atom is 0.416 e. The number of hydrogen-bond acceptors (Lipinski definition) is 3. The minimum absolute atomic E-state index is 0.156. The number of rotatable bonds is 3. The summed E-state index contributed by atoms with van der Waals surface area (Å²) in [6, 6.07) is 11.1. The molecule has 0 saturated carbocycles. The molecule has 0 bridgehead atoms. The van der Waals surface area contributed by atoms with Gasteiger partial charge in [-0.25, -0.2) is 0 Å². The summed E-state index contributed by atoms with van der Waals surface area (Å²) in [6.07, 6.45) is -4.04. The highest BCUT2D eigenvalue weighted by Crippen LogP contribution is 2.33. The third-order valence-corrected chi connectivity index (χ3v) is 5.18. The van der Waals surface area contributed by atoms with Gasteiger partial charge in [0.05, 0.1) is 24.1 Å². The van der Waals surface area contributed by atoms with E-state index >= 15 is 0 Å². The molecule has 4 rings (SSSR count). The Kier molecular flexibility index (Phi) is 4.66. The van der Waals surface area contributed by atoms with Gasteiger partial charge in [-0.15, -0.1) is 0 Å². The highest BCUT2D eigenvalue weighted by atomic mass is 19.4. The Hall–Kier alpha value is -3.13. The molecule has 0 radical (unpaired) electrons. The number of carbonyl (C=O) groups excluding carboxylic acids is 1. The first kappa shape index (κ1) is 19.2. The molecule has 3 aromatic rings. The number of aromatic amines is 1. The van der Waals surface area contributed by atoms with Crippen LogP contribution in [0.25, 0.3) is 22.0 Å². The molecule has 1 aliphatic rings. The van der Waals surface area contributed by atoms with Gasteiger partial charge in [-0.1, -0.05) is 24.3 Å². The Morgan fingerprint density at radius 1 is 1.07 bits per heavy atom. The molecule has 1 saturated heterocycles. The third-order valence-electron chi connectivity index (χ3n) is 5.18. The second kappa shape index (κ2) is 7.04. The van der Waals surface area contributed by atoms with Crippen LogP contribution in [-0.2, 0) is 11.0 Å². The van der Waals surface area contributed by atoms with Crippen LogP contribution in [0, 0.1) is 0 Å². The number of aliphatic hydroxyl groups excluding tert-OH is 1. The lowest BCUT2D eigenvalue weighted by atomic mass is 9.93. The average Bonchev–Trinajstić information content (AvgIpc) is 3.08. The summed E-state index contributed by atoms with van der Waals surface area (Å²) in [6.45, 7) is -0.156. The highest BCUT2D eigenvalue weighted by Gasteiger charge is 2.33. The number of carbonyl (C=O) groups is 1. The topological polar surface area (TPSA) is 82.2 Å². The van der Waals surface area contributed by atoms with Crippen LogP contribution in [0.2, 0.25) is 0 Å². The number of H-pyrrole nitrogens is 1. The molecule has 3 N–H and O–H groups in total. The molecule has 1 aromatic heterocycles. The molecule has 2 heterocycles. The Bertz CT molecular complexity index is 1150. The normalized spacial score (nSPS) is 19.5. The molecule has 150 valence electrons. The van der Waals surface area contributed by atoms with Gasteiger partial charge in [-0.2, -0.15) is 13.2 Å². The maximum atomic E-state index is 13.0. The minimum Gasteiger partial charge on any atom is -0.394 e. The molecule has 1 amide bonds. The molecule has 8 heteroatoms. The molecule has 0 spiro atoms. The Balaban J connectivity index is 1.74. The Morgan fingerprint density at radius 3 is 2.55 bits per heavy atom. The molecule has 29 heavy (non-hydrogen) atoms. The van der Waals surface area contributed by atoms with Crippen LogP contribution in [0.4, 0.5) is 13.2 Å². The number of alkyl halides is 3. The summed E-state index contributed by atoms with van der Waals surface area (Å²) in [5.74, 6) is -0.667. The predicted octanol–water partition coefficient (Wildman–Crippen LogP) is 3.18. The van der Waals surface area contributed by atoms with Gasteiger partial charge in [-0.05, 0) is 47.2 Å². The smallest absolute Gasteiger partial charge is 0.394 e. The van der Waals surface area contributed by atoms with Crippen LogP contribution in [0.1, 0.15) is 23.5 Å². The number of hydrogen-bond donors (Lipinski definition) is 3. The summed E-state index contributed by atoms with van der Waals surface area (Å²) in [7, 11) is 0. The first-order valence-electron chi connectivity index (χ1n) is 9.02. The van der Waals surface area contributed by atoms with Crippen molar-refractivity contribution in [2.75, 3.05) is 6.61 Å². The fourth-order valence-corrected chi connectivity index (χ4v) is 3.67. The number of nitrogens with one attached hydrogen (secondary N) is 2. The van der Waals surface area contributed by atoms with Gasteiger partial charge in [-0.3, -0.25) is 9.59 Å². The lowest BCUT2D eigenvalue weighted by Crippen LogP contribution is -2.28. The van der Waals surface area contributed by atoms with Crippen molar-refractivity contribution in [1.29, 1.82) is 0 Å². The standard InChI is InChI=1S/C21H17F3N2O3/c22-21(23,24)14-3-1-2-13(6-14)18-8-12-5-4-11(7-16(12)20(29)26-18)17-9-15(10-27)25-19(17)28/h1-8,15,17,27H,9-10H2,(H,25,28)(H,26,29)/t15?,17-/m1/s1. The zero-order valence-corrected chi connectivity index (χ0v) is 15.1. The van der Waals surface area contributed by atoms with E-state index in [4.69, 9.17) is 0 Å². The average molecular weight is 402 g/mol. The van der Waals surface area contributed by atoms with Crippen LogP contribution in [-0.4, -0.2) is 28.6 Å². The number of fused-ring (bicyclic) bond motifs is 1. The van der Waals surface area contributed by atoms with Crippen molar-refractivity contribution < 1.29 is 23.1 Å².